The lowest BCUT2D eigenvalue weighted by Gasteiger charge is -2.24. The molecule has 2 nitrogen and oxygen atoms in total. The van der Waals surface area contributed by atoms with Crippen LogP contribution in [0.3, 0.4) is 0 Å². The Morgan fingerprint density at radius 3 is 2.68 bits per heavy atom. The molecule has 3 heteroatoms. The van der Waals surface area contributed by atoms with Gasteiger partial charge in [-0.15, -0.1) is 0 Å². The first-order valence-electron chi connectivity index (χ1n) is 7.28. The molecule has 3 unspecified atom stereocenters. The minimum Gasteiger partial charge on any atom is -0.378 e. The van der Waals surface area contributed by atoms with Gasteiger partial charge in [-0.1, -0.05) is 30.7 Å². The Kier molecular flexibility index (Phi) is 5.68. The van der Waals surface area contributed by atoms with E-state index in [1.165, 1.54) is 12.0 Å². The number of hydrogen-bond acceptors (Lipinski definition) is 2. The van der Waals surface area contributed by atoms with Crippen LogP contribution in [-0.2, 0) is 11.2 Å². The van der Waals surface area contributed by atoms with Crippen LogP contribution in [0.25, 0.3) is 0 Å². The minimum atomic E-state index is 0.404. The van der Waals surface area contributed by atoms with Crippen molar-refractivity contribution in [3.8, 4) is 0 Å². The summed E-state index contributed by atoms with van der Waals surface area (Å²) in [4.78, 5) is 0. The van der Waals surface area contributed by atoms with E-state index in [1.807, 2.05) is 12.1 Å². The highest BCUT2D eigenvalue weighted by Crippen LogP contribution is 2.24. The molecule has 106 valence electrons. The second-order valence-electron chi connectivity index (χ2n) is 5.53. The second-order valence-corrected chi connectivity index (χ2v) is 5.97. The van der Waals surface area contributed by atoms with Gasteiger partial charge in [0.05, 0.1) is 12.7 Å². The third kappa shape index (κ3) is 4.48. The van der Waals surface area contributed by atoms with E-state index in [0.717, 1.165) is 31.0 Å². The SMILES string of the molecule is CCCNC(Cc1ccc(Cl)cc1)C1COC(C)C1. The molecule has 2 rings (SSSR count). The van der Waals surface area contributed by atoms with Crippen molar-refractivity contribution in [3.05, 3.63) is 34.9 Å². The Balaban J connectivity index is 1.98. The van der Waals surface area contributed by atoms with Crippen LogP contribution >= 0.6 is 11.6 Å². The molecule has 1 fully saturated rings. The summed E-state index contributed by atoms with van der Waals surface area (Å²) < 4.78 is 5.72. The summed E-state index contributed by atoms with van der Waals surface area (Å²) in [7, 11) is 0. The molecule has 0 amide bonds. The van der Waals surface area contributed by atoms with Crippen LogP contribution in [-0.4, -0.2) is 25.3 Å². The predicted octanol–water partition coefficient (Wildman–Crippen LogP) is 3.68. The Morgan fingerprint density at radius 2 is 2.11 bits per heavy atom. The number of hydrogen-bond donors (Lipinski definition) is 1. The summed E-state index contributed by atoms with van der Waals surface area (Å²) >= 11 is 5.94. The minimum absolute atomic E-state index is 0.404. The van der Waals surface area contributed by atoms with E-state index in [2.05, 4.69) is 31.3 Å². The molecule has 0 aliphatic carbocycles. The maximum atomic E-state index is 5.94. The second kappa shape index (κ2) is 7.28. The number of halogens is 1. The number of ether oxygens (including phenoxy) is 1. The van der Waals surface area contributed by atoms with Crippen molar-refractivity contribution in [2.24, 2.45) is 5.92 Å². The van der Waals surface area contributed by atoms with E-state index < -0.39 is 0 Å². The van der Waals surface area contributed by atoms with Gasteiger partial charge in [-0.25, -0.2) is 0 Å². The zero-order valence-corrected chi connectivity index (χ0v) is 12.6. The predicted molar refractivity (Wildman–Crippen MR) is 80.8 cm³/mol. The fourth-order valence-corrected chi connectivity index (χ4v) is 2.87. The maximum absolute atomic E-state index is 5.94. The molecule has 0 aromatic heterocycles. The molecular formula is C16H24ClNO. The summed E-state index contributed by atoms with van der Waals surface area (Å²) in [6.45, 7) is 6.33. The highest BCUT2D eigenvalue weighted by molar-refractivity contribution is 6.30. The third-order valence-electron chi connectivity index (χ3n) is 3.82. The Labute approximate surface area is 121 Å². The average molecular weight is 282 g/mol. The number of benzene rings is 1. The van der Waals surface area contributed by atoms with Crippen molar-refractivity contribution in [2.75, 3.05) is 13.2 Å². The molecule has 1 aromatic rings. The largest absolute Gasteiger partial charge is 0.378 e. The van der Waals surface area contributed by atoms with Gasteiger partial charge in [-0.2, -0.15) is 0 Å². The summed E-state index contributed by atoms with van der Waals surface area (Å²) in [5, 5.41) is 4.49. The summed E-state index contributed by atoms with van der Waals surface area (Å²) in [6, 6.07) is 8.71. The molecule has 1 heterocycles. The Morgan fingerprint density at radius 1 is 1.37 bits per heavy atom. The summed E-state index contributed by atoms with van der Waals surface area (Å²) in [5.41, 5.74) is 1.34. The Hall–Kier alpha value is -0.570. The highest BCUT2D eigenvalue weighted by Gasteiger charge is 2.29. The van der Waals surface area contributed by atoms with Crippen molar-refractivity contribution in [3.63, 3.8) is 0 Å². The van der Waals surface area contributed by atoms with E-state index >= 15 is 0 Å². The first-order chi connectivity index (χ1) is 9.19. The number of nitrogens with one attached hydrogen (secondary N) is 1. The van der Waals surface area contributed by atoms with Gasteiger partial charge in [0.1, 0.15) is 0 Å². The lowest BCUT2D eigenvalue weighted by Crippen LogP contribution is -2.39. The van der Waals surface area contributed by atoms with Crippen molar-refractivity contribution in [1.29, 1.82) is 0 Å². The van der Waals surface area contributed by atoms with Gasteiger partial charge in [0, 0.05) is 17.0 Å². The number of rotatable bonds is 6. The lowest BCUT2D eigenvalue weighted by atomic mass is 9.91. The third-order valence-corrected chi connectivity index (χ3v) is 4.08. The summed E-state index contributed by atoms with van der Waals surface area (Å²) in [6.07, 6.45) is 3.79. The Bertz CT molecular complexity index is 379. The molecule has 0 radical (unpaired) electrons. The van der Waals surface area contributed by atoms with Crippen LogP contribution in [0.4, 0.5) is 0 Å². The summed E-state index contributed by atoms with van der Waals surface area (Å²) in [5.74, 6) is 0.622. The zero-order chi connectivity index (χ0) is 13.7. The first kappa shape index (κ1) is 14.8. The molecule has 1 saturated heterocycles. The van der Waals surface area contributed by atoms with Gasteiger partial charge >= 0.3 is 0 Å². The van der Waals surface area contributed by atoms with Crippen LogP contribution in [0.5, 0.6) is 0 Å². The molecular weight excluding hydrogens is 258 g/mol. The van der Waals surface area contributed by atoms with Crippen LogP contribution in [0, 0.1) is 5.92 Å². The molecule has 1 aliphatic heterocycles. The molecule has 0 bridgehead atoms. The molecule has 0 spiro atoms. The van der Waals surface area contributed by atoms with E-state index in [9.17, 15) is 0 Å². The van der Waals surface area contributed by atoms with Gasteiger partial charge in [0.25, 0.3) is 0 Å². The van der Waals surface area contributed by atoms with E-state index in [0.29, 0.717) is 18.1 Å². The van der Waals surface area contributed by atoms with Crippen molar-refractivity contribution >= 4 is 11.6 Å². The molecule has 19 heavy (non-hydrogen) atoms. The topological polar surface area (TPSA) is 21.3 Å². The molecule has 3 atom stereocenters. The highest BCUT2D eigenvalue weighted by atomic mass is 35.5. The van der Waals surface area contributed by atoms with E-state index in [4.69, 9.17) is 16.3 Å². The first-order valence-corrected chi connectivity index (χ1v) is 7.66. The van der Waals surface area contributed by atoms with Crippen LogP contribution in [0.15, 0.2) is 24.3 Å². The normalized spacial score (nSPS) is 24.6. The van der Waals surface area contributed by atoms with Crippen molar-refractivity contribution < 1.29 is 4.74 Å². The van der Waals surface area contributed by atoms with Gasteiger partial charge in [0.2, 0.25) is 0 Å². The van der Waals surface area contributed by atoms with Crippen LogP contribution < -0.4 is 5.32 Å². The monoisotopic (exact) mass is 281 g/mol. The van der Waals surface area contributed by atoms with Gasteiger partial charge in [-0.3, -0.25) is 0 Å². The van der Waals surface area contributed by atoms with Crippen molar-refractivity contribution in [1.82, 2.24) is 5.32 Å². The molecule has 1 aliphatic rings. The van der Waals surface area contributed by atoms with Gasteiger partial charge < -0.3 is 10.1 Å². The van der Waals surface area contributed by atoms with Gasteiger partial charge in [0.15, 0.2) is 0 Å². The average Bonchev–Trinajstić information content (AvgIpc) is 2.83. The fraction of sp³-hybridized carbons (Fsp3) is 0.625. The standard InChI is InChI=1S/C16H24ClNO/c1-3-8-18-16(14-9-12(2)19-11-14)10-13-4-6-15(17)7-5-13/h4-7,12,14,16,18H,3,8-11H2,1-2H3. The smallest absolute Gasteiger partial charge is 0.0551 e. The quantitative estimate of drug-likeness (QED) is 0.859. The molecule has 1 N–H and O–H groups in total. The van der Waals surface area contributed by atoms with Gasteiger partial charge in [-0.05, 0) is 50.4 Å². The van der Waals surface area contributed by atoms with Crippen LogP contribution in [0.1, 0.15) is 32.3 Å². The molecule has 1 aromatic carbocycles. The lowest BCUT2D eigenvalue weighted by molar-refractivity contribution is 0.117. The van der Waals surface area contributed by atoms with E-state index in [1.54, 1.807) is 0 Å². The van der Waals surface area contributed by atoms with Crippen molar-refractivity contribution in [2.45, 2.75) is 45.3 Å². The van der Waals surface area contributed by atoms with Crippen LogP contribution in [0.2, 0.25) is 5.02 Å². The molecule has 0 saturated carbocycles. The van der Waals surface area contributed by atoms with E-state index in [-0.39, 0.29) is 0 Å². The zero-order valence-electron chi connectivity index (χ0n) is 11.9. The fourth-order valence-electron chi connectivity index (χ4n) is 2.74. The maximum Gasteiger partial charge on any atom is 0.0551 e.